The molecule has 0 aliphatic carbocycles. The molecule has 3 nitrogen and oxygen atoms in total. The molecule has 0 bridgehead atoms. The quantitative estimate of drug-likeness (QED) is 0.830. The lowest BCUT2D eigenvalue weighted by molar-refractivity contribution is 0.458. The molecular formula is C17H23NO2S2. The largest absolute Gasteiger partial charge is 0.240 e. The van der Waals surface area contributed by atoms with Crippen molar-refractivity contribution in [3.05, 3.63) is 52.2 Å². The molecule has 1 aromatic carbocycles. The highest BCUT2D eigenvalue weighted by Gasteiger charge is 2.21. The highest BCUT2D eigenvalue weighted by atomic mass is 32.2. The van der Waals surface area contributed by atoms with E-state index in [-0.39, 0.29) is 6.04 Å². The minimum Gasteiger partial charge on any atom is -0.208 e. The van der Waals surface area contributed by atoms with E-state index in [4.69, 9.17) is 0 Å². The number of nitrogens with one attached hydrogen (secondary N) is 1. The van der Waals surface area contributed by atoms with E-state index in [9.17, 15) is 8.42 Å². The van der Waals surface area contributed by atoms with Crippen LogP contribution in [-0.2, 0) is 16.4 Å². The Bertz CT molecular complexity index is 674. The van der Waals surface area contributed by atoms with Gasteiger partial charge in [0.1, 0.15) is 0 Å². The number of rotatable bonds is 7. The molecule has 0 amide bonds. The summed E-state index contributed by atoms with van der Waals surface area (Å²) < 4.78 is 28.0. The summed E-state index contributed by atoms with van der Waals surface area (Å²) >= 11 is 1.64. The first-order chi connectivity index (χ1) is 10.4. The zero-order valence-corrected chi connectivity index (χ0v) is 14.9. The first-order valence-corrected chi connectivity index (χ1v) is 9.89. The summed E-state index contributed by atoms with van der Waals surface area (Å²) in [6, 6.07) is 8.94. The molecule has 5 heteroatoms. The standard InChI is InChI=1S/C17H23NO2S2/c1-13(2)10-16(11-15-8-9-21-12-15)18-22(19,20)17-6-4-14(3)5-7-17/h4-9,12-13,16,18H,10-11H2,1-3H3. The molecule has 1 unspecified atom stereocenters. The Morgan fingerprint density at radius 3 is 2.36 bits per heavy atom. The number of benzene rings is 1. The molecule has 22 heavy (non-hydrogen) atoms. The van der Waals surface area contributed by atoms with Crippen molar-refractivity contribution in [3.8, 4) is 0 Å². The molecule has 0 saturated carbocycles. The fraction of sp³-hybridized carbons (Fsp3) is 0.412. The van der Waals surface area contributed by atoms with Crippen LogP contribution < -0.4 is 4.72 Å². The molecule has 0 radical (unpaired) electrons. The van der Waals surface area contributed by atoms with E-state index in [0.717, 1.165) is 18.4 Å². The highest BCUT2D eigenvalue weighted by Crippen LogP contribution is 2.17. The predicted octanol–water partition coefficient (Wildman–Crippen LogP) is 3.99. The molecule has 0 aliphatic heterocycles. The second-order valence-electron chi connectivity index (χ2n) is 6.10. The fourth-order valence-electron chi connectivity index (χ4n) is 2.44. The third kappa shape index (κ3) is 4.93. The van der Waals surface area contributed by atoms with Gasteiger partial charge in [-0.15, -0.1) is 0 Å². The van der Waals surface area contributed by atoms with Gasteiger partial charge < -0.3 is 0 Å². The van der Waals surface area contributed by atoms with Crippen LogP contribution >= 0.6 is 11.3 Å². The SMILES string of the molecule is Cc1ccc(S(=O)(=O)NC(Cc2ccsc2)CC(C)C)cc1. The lowest BCUT2D eigenvalue weighted by atomic mass is 10.00. The maximum atomic E-state index is 12.6. The van der Waals surface area contributed by atoms with Gasteiger partial charge >= 0.3 is 0 Å². The maximum Gasteiger partial charge on any atom is 0.240 e. The van der Waals surface area contributed by atoms with Gasteiger partial charge in [-0.2, -0.15) is 11.3 Å². The van der Waals surface area contributed by atoms with Crippen molar-refractivity contribution < 1.29 is 8.42 Å². The topological polar surface area (TPSA) is 46.2 Å². The zero-order valence-electron chi connectivity index (χ0n) is 13.2. The first kappa shape index (κ1) is 17.2. The van der Waals surface area contributed by atoms with Gasteiger partial charge in [0.05, 0.1) is 4.90 Å². The van der Waals surface area contributed by atoms with Crippen molar-refractivity contribution >= 4 is 21.4 Å². The van der Waals surface area contributed by atoms with Crippen LogP contribution in [0.2, 0.25) is 0 Å². The number of sulfonamides is 1. The van der Waals surface area contributed by atoms with Crippen LogP contribution in [0.15, 0.2) is 46.0 Å². The Morgan fingerprint density at radius 2 is 1.82 bits per heavy atom. The Kier molecular flexibility index (Phi) is 5.78. The van der Waals surface area contributed by atoms with Crippen molar-refractivity contribution in [3.63, 3.8) is 0 Å². The van der Waals surface area contributed by atoms with Crippen molar-refractivity contribution in [2.24, 2.45) is 5.92 Å². The summed E-state index contributed by atoms with van der Waals surface area (Å²) in [5, 5.41) is 4.10. The van der Waals surface area contributed by atoms with Crippen LogP contribution in [0.3, 0.4) is 0 Å². The van der Waals surface area contributed by atoms with Gasteiger partial charge in [-0.3, -0.25) is 0 Å². The molecule has 0 aliphatic rings. The van der Waals surface area contributed by atoms with Crippen molar-refractivity contribution in [1.82, 2.24) is 4.72 Å². The van der Waals surface area contributed by atoms with Gasteiger partial charge in [0.2, 0.25) is 10.0 Å². The molecule has 1 atom stereocenters. The Hall–Kier alpha value is -1.17. The predicted molar refractivity (Wildman–Crippen MR) is 92.8 cm³/mol. The summed E-state index contributed by atoms with van der Waals surface area (Å²) in [6.07, 6.45) is 1.55. The zero-order chi connectivity index (χ0) is 16.2. The molecule has 120 valence electrons. The molecular weight excluding hydrogens is 314 g/mol. The number of thiophene rings is 1. The van der Waals surface area contributed by atoms with Crippen LogP contribution in [0.5, 0.6) is 0 Å². The molecule has 0 fully saturated rings. The Labute approximate surface area is 137 Å². The summed E-state index contributed by atoms with van der Waals surface area (Å²) in [7, 11) is -3.47. The lowest BCUT2D eigenvalue weighted by Crippen LogP contribution is -2.37. The smallest absolute Gasteiger partial charge is 0.208 e. The van der Waals surface area contributed by atoms with Crippen LogP contribution in [-0.4, -0.2) is 14.5 Å². The molecule has 1 heterocycles. The number of hydrogen-bond acceptors (Lipinski definition) is 3. The molecule has 1 N–H and O–H groups in total. The summed E-state index contributed by atoms with van der Waals surface area (Å²) in [5.74, 6) is 0.435. The fourth-order valence-corrected chi connectivity index (χ4v) is 4.37. The molecule has 2 rings (SSSR count). The van der Waals surface area contributed by atoms with E-state index in [1.54, 1.807) is 23.5 Å². The first-order valence-electron chi connectivity index (χ1n) is 7.47. The van der Waals surface area contributed by atoms with E-state index < -0.39 is 10.0 Å². The van der Waals surface area contributed by atoms with E-state index in [1.807, 2.05) is 24.4 Å². The Morgan fingerprint density at radius 1 is 1.14 bits per heavy atom. The Balaban J connectivity index is 2.15. The average molecular weight is 338 g/mol. The van der Waals surface area contributed by atoms with Crippen LogP contribution in [0, 0.1) is 12.8 Å². The van der Waals surface area contributed by atoms with Gasteiger partial charge in [-0.1, -0.05) is 31.5 Å². The van der Waals surface area contributed by atoms with Gasteiger partial charge in [0.15, 0.2) is 0 Å². The minimum absolute atomic E-state index is 0.0825. The lowest BCUT2D eigenvalue weighted by Gasteiger charge is -2.20. The number of hydrogen-bond donors (Lipinski definition) is 1. The molecule has 1 aromatic heterocycles. The third-order valence-corrected chi connectivity index (χ3v) is 5.74. The van der Waals surface area contributed by atoms with Crippen LogP contribution in [0.1, 0.15) is 31.4 Å². The van der Waals surface area contributed by atoms with Crippen LogP contribution in [0.4, 0.5) is 0 Å². The normalized spacial score (nSPS) is 13.5. The van der Waals surface area contributed by atoms with Gasteiger partial charge in [-0.05, 0) is 60.2 Å². The average Bonchev–Trinajstić information content (AvgIpc) is 2.90. The second kappa shape index (κ2) is 7.40. The van der Waals surface area contributed by atoms with Gasteiger partial charge in [0.25, 0.3) is 0 Å². The van der Waals surface area contributed by atoms with Crippen molar-refractivity contribution in [2.75, 3.05) is 0 Å². The minimum atomic E-state index is -3.47. The van der Waals surface area contributed by atoms with E-state index in [2.05, 4.69) is 30.0 Å². The van der Waals surface area contributed by atoms with Crippen molar-refractivity contribution in [1.29, 1.82) is 0 Å². The third-order valence-electron chi connectivity index (χ3n) is 3.47. The monoisotopic (exact) mass is 337 g/mol. The summed E-state index contributed by atoms with van der Waals surface area (Å²) in [6.45, 7) is 6.17. The number of aryl methyl sites for hydroxylation is 1. The van der Waals surface area contributed by atoms with Crippen LogP contribution in [0.25, 0.3) is 0 Å². The van der Waals surface area contributed by atoms with E-state index >= 15 is 0 Å². The summed E-state index contributed by atoms with van der Waals surface area (Å²) in [4.78, 5) is 0.331. The van der Waals surface area contributed by atoms with Crippen molar-refractivity contribution in [2.45, 2.75) is 44.6 Å². The summed E-state index contributed by atoms with van der Waals surface area (Å²) in [5.41, 5.74) is 2.23. The van der Waals surface area contributed by atoms with Gasteiger partial charge in [-0.25, -0.2) is 13.1 Å². The molecule has 0 spiro atoms. The highest BCUT2D eigenvalue weighted by molar-refractivity contribution is 7.89. The molecule has 2 aromatic rings. The second-order valence-corrected chi connectivity index (χ2v) is 8.59. The van der Waals surface area contributed by atoms with E-state index in [0.29, 0.717) is 10.8 Å². The molecule has 0 saturated heterocycles. The maximum absolute atomic E-state index is 12.6. The van der Waals surface area contributed by atoms with E-state index in [1.165, 1.54) is 5.56 Å². The van der Waals surface area contributed by atoms with Gasteiger partial charge in [0, 0.05) is 6.04 Å².